The van der Waals surface area contributed by atoms with Crippen LogP contribution in [0.4, 0.5) is 21.6 Å². The van der Waals surface area contributed by atoms with Crippen molar-refractivity contribution in [3.8, 4) is 0 Å². The minimum atomic E-state index is -0.617. The Morgan fingerprint density at radius 2 is 2.25 bits per heavy atom. The summed E-state index contributed by atoms with van der Waals surface area (Å²) in [5.74, 6) is -0.845. The molecule has 1 aromatic heterocycles. The van der Waals surface area contributed by atoms with Crippen LogP contribution in [0.1, 0.15) is 25.8 Å². The number of carbonyl (C=O) groups excluding carboxylic acids is 1. The van der Waals surface area contributed by atoms with Gasteiger partial charge in [0.25, 0.3) is 0 Å². The van der Waals surface area contributed by atoms with Crippen LogP contribution in [0.3, 0.4) is 0 Å². The van der Waals surface area contributed by atoms with Crippen molar-refractivity contribution in [1.29, 1.82) is 5.41 Å². The van der Waals surface area contributed by atoms with E-state index in [0.717, 1.165) is 12.4 Å². The molecule has 2 rings (SSSR count). The fraction of sp³-hybridized carbons (Fsp3) is 0.250. The van der Waals surface area contributed by atoms with Crippen molar-refractivity contribution in [3.63, 3.8) is 0 Å². The summed E-state index contributed by atoms with van der Waals surface area (Å²) in [6, 6.07) is 5.13. The molecule has 24 heavy (non-hydrogen) atoms. The first-order valence-corrected chi connectivity index (χ1v) is 7.72. The van der Waals surface area contributed by atoms with E-state index in [9.17, 15) is 9.18 Å². The van der Waals surface area contributed by atoms with E-state index in [1.807, 2.05) is 6.92 Å². The van der Waals surface area contributed by atoms with Gasteiger partial charge in [-0.25, -0.2) is 9.37 Å². The van der Waals surface area contributed by atoms with E-state index in [1.165, 1.54) is 6.92 Å². The second kappa shape index (κ2) is 7.83. The summed E-state index contributed by atoms with van der Waals surface area (Å²) in [5, 5.41) is 10.3. The molecule has 1 heterocycles. The van der Waals surface area contributed by atoms with Crippen LogP contribution in [0.5, 0.6) is 0 Å². The van der Waals surface area contributed by atoms with Crippen LogP contribution in [-0.2, 0) is 4.79 Å². The first-order chi connectivity index (χ1) is 11.5. The van der Waals surface area contributed by atoms with Crippen molar-refractivity contribution in [2.45, 2.75) is 20.3 Å². The van der Waals surface area contributed by atoms with Gasteiger partial charge in [-0.2, -0.15) is 4.98 Å². The van der Waals surface area contributed by atoms with Crippen molar-refractivity contribution in [1.82, 2.24) is 9.97 Å². The third-order valence-electron chi connectivity index (χ3n) is 3.23. The van der Waals surface area contributed by atoms with Gasteiger partial charge in [-0.1, -0.05) is 13.0 Å². The lowest BCUT2D eigenvalue weighted by atomic mass is 10.1. The van der Waals surface area contributed by atoms with Crippen molar-refractivity contribution in [2.75, 3.05) is 16.8 Å². The standard InChI is InChI=1S/C16H17ClFN5O/c1-3-7-23(15-12(18)9-20-16(17)22-15)14-6-4-5-13(11(14)8-19)21-10(2)24/h4-6,8-9,19H,3,7H2,1-2H3,(H,21,24). The number of halogens is 2. The molecule has 0 saturated carbocycles. The molecule has 0 aliphatic carbocycles. The quantitative estimate of drug-likeness (QED) is 0.614. The number of hydrogen-bond donors (Lipinski definition) is 2. The van der Waals surface area contributed by atoms with Gasteiger partial charge in [0.05, 0.1) is 17.6 Å². The monoisotopic (exact) mass is 349 g/mol. The molecular formula is C16H17ClFN5O. The molecule has 0 aliphatic rings. The Kier molecular flexibility index (Phi) is 5.81. The maximum absolute atomic E-state index is 14.2. The molecule has 0 unspecified atom stereocenters. The van der Waals surface area contributed by atoms with Gasteiger partial charge >= 0.3 is 0 Å². The number of carbonyl (C=O) groups is 1. The Labute approximate surface area is 144 Å². The minimum absolute atomic E-state index is 0.0277. The Morgan fingerprint density at radius 3 is 2.88 bits per heavy atom. The van der Waals surface area contributed by atoms with Crippen LogP contribution in [0, 0.1) is 11.2 Å². The fourth-order valence-corrected chi connectivity index (χ4v) is 2.46. The first-order valence-electron chi connectivity index (χ1n) is 7.34. The van der Waals surface area contributed by atoms with Crippen molar-refractivity contribution < 1.29 is 9.18 Å². The molecule has 6 nitrogen and oxygen atoms in total. The highest BCUT2D eigenvalue weighted by atomic mass is 35.5. The lowest BCUT2D eigenvalue weighted by molar-refractivity contribution is -0.114. The largest absolute Gasteiger partial charge is 0.326 e. The zero-order chi connectivity index (χ0) is 17.7. The van der Waals surface area contributed by atoms with E-state index in [-0.39, 0.29) is 17.0 Å². The molecule has 8 heteroatoms. The van der Waals surface area contributed by atoms with E-state index in [4.69, 9.17) is 17.0 Å². The molecule has 0 atom stereocenters. The number of hydrogen-bond acceptors (Lipinski definition) is 5. The van der Waals surface area contributed by atoms with Crippen LogP contribution >= 0.6 is 11.6 Å². The highest BCUT2D eigenvalue weighted by molar-refractivity contribution is 6.28. The summed E-state index contributed by atoms with van der Waals surface area (Å²) in [7, 11) is 0. The van der Waals surface area contributed by atoms with E-state index >= 15 is 0 Å². The number of rotatable bonds is 6. The van der Waals surface area contributed by atoms with Gasteiger partial charge in [-0.05, 0) is 30.2 Å². The Bertz CT molecular complexity index is 768. The van der Waals surface area contributed by atoms with Gasteiger partial charge in [-0.15, -0.1) is 0 Å². The maximum Gasteiger partial charge on any atom is 0.224 e. The lowest BCUT2D eigenvalue weighted by Crippen LogP contribution is -2.23. The molecule has 0 aliphatic heterocycles. The van der Waals surface area contributed by atoms with Gasteiger partial charge in [0.15, 0.2) is 11.6 Å². The van der Waals surface area contributed by atoms with Gasteiger partial charge in [0, 0.05) is 25.2 Å². The predicted octanol–water partition coefficient (Wildman–Crippen LogP) is 3.77. The smallest absolute Gasteiger partial charge is 0.224 e. The van der Waals surface area contributed by atoms with Crippen LogP contribution in [-0.4, -0.2) is 28.6 Å². The maximum atomic E-state index is 14.2. The number of benzene rings is 1. The first kappa shape index (κ1) is 17.8. The van der Waals surface area contributed by atoms with Crippen molar-refractivity contribution in [3.05, 3.63) is 41.1 Å². The third-order valence-corrected chi connectivity index (χ3v) is 3.41. The zero-order valence-electron chi connectivity index (χ0n) is 13.3. The van der Waals surface area contributed by atoms with E-state index < -0.39 is 5.82 Å². The van der Waals surface area contributed by atoms with Crippen LogP contribution in [0.25, 0.3) is 0 Å². The van der Waals surface area contributed by atoms with Crippen LogP contribution in [0.15, 0.2) is 24.4 Å². The Morgan fingerprint density at radius 1 is 1.50 bits per heavy atom. The number of anilines is 3. The van der Waals surface area contributed by atoms with E-state index in [1.54, 1.807) is 23.1 Å². The topological polar surface area (TPSA) is 82.0 Å². The molecule has 126 valence electrons. The third kappa shape index (κ3) is 3.86. The molecule has 0 bridgehead atoms. The molecular weight excluding hydrogens is 333 g/mol. The van der Waals surface area contributed by atoms with Gasteiger partial charge in [0.2, 0.25) is 11.2 Å². The van der Waals surface area contributed by atoms with E-state index in [0.29, 0.717) is 29.9 Å². The average Bonchev–Trinajstić information content (AvgIpc) is 2.54. The van der Waals surface area contributed by atoms with Gasteiger partial charge < -0.3 is 15.6 Å². The Hall–Kier alpha value is -2.54. The van der Waals surface area contributed by atoms with Crippen molar-refractivity contribution >= 4 is 40.9 Å². The number of nitrogens with zero attached hydrogens (tertiary/aromatic N) is 3. The minimum Gasteiger partial charge on any atom is -0.326 e. The number of amides is 1. The summed E-state index contributed by atoms with van der Waals surface area (Å²) in [6.45, 7) is 3.78. The second-order valence-electron chi connectivity index (χ2n) is 5.03. The van der Waals surface area contributed by atoms with E-state index in [2.05, 4.69) is 15.3 Å². The summed E-state index contributed by atoms with van der Waals surface area (Å²) >= 11 is 5.80. The van der Waals surface area contributed by atoms with Gasteiger partial charge in [0.1, 0.15) is 0 Å². The van der Waals surface area contributed by atoms with Gasteiger partial charge in [-0.3, -0.25) is 4.79 Å². The molecule has 1 amide bonds. The second-order valence-corrected chi connectivity index (χ2v) is 5.36. The lowest BCUT2D eigenvalue weighted by Gasteiger charge is -2.26. The summed E-state index contributed by atoms with van der Waals surface area (Å²) < 4.78 is 14.2. The Balaban J connectivity index is 2.61. The normalized spacial score (nSPS) is 10.3. The zero-order valence-corrected chi connectivity index (χ0v) is 14.1. The molecule has 0 spiro atoms. The number of nitrogens with one attached hydrogen (secondary N) is 2. The SMILES string of the molecule is CCCN(c1cccc(NC(C)=O)c1C=N)c1nc(Cl)ncc1F. The highest BCUT2D eigenvalue weighted by Crippen LogP contribution is 2.32. The molecule has 2 aromatic rings. The summed E-state index contributed by atoms with van der Waals surface area (Å²) in [5.41, 5.74) is 1.47. The highest BCUT2D eigenvalue weighted by Gasteiger charge is 2.20. The average molecular weight is 350 g/mol. The fourth-order valence-electron chi connectivity index (χ4n) is 2.33. The van der Waals surface area contributed by atoms with Crippen LogP contribution < -0.4 is 10.2 Å². The van der Waals surface area contributed by atoms with Crippen molar-refractivity contribution in [2.24, 2.45) is 0 Å². The molecule has 0 radical (unpaired) electrons. The molecule has 2 N–H and O–H groups in total. The van der Waals surface area contributed by atoms with Crippen LogP contribution in [0.2, 0.25) is 5.28 Å². The molecule has 1 aromatic carbocycles. The summed E-state index contributed by atoms with van der Waals surface area (Å²) in [6.07, 6.45) is 2.84. The summed E-state index contributed by atoms with van der Waals surface area (Å²) in [4.78, 5) is 20.6. The molecule has 0 fully saturated rings. The predicted molar refractivity (Wildman–Crippen MR) is 92.9 cm³/mol. The molecule has 0 saturated heterocycles. The number of aromatic nitrogens is 2.